The highest BCUT2D eigenvalue weighted by atomic mass is 16.2. The number of carbonyl (C=O) groups excluding carboxylic acids is 1. The normalized spacial score (nSPS) is 24.9. The molecule has 1 amide bonds. The van der Waals surface area contributed by atoms with Gasteiger partial charge in [-0.25, -0.2) is 4.98 Å². The first-order valence-electron chi connectivity index (χ1n) is 8.79. The van der Waals surface area contributed by atoms with Crippen molar-refractivity contribution in [1.82, 2.24) is 14.8 Å². The van der Waals surface area contributed by atoms with Crippen LogP contribution in [0.15, 0.2) is 31.0 Å². The first-order chi connectivity index (χ1) is 12.1. The van der Waals surface area contributed by atoms with Gasteiger partial charge in [-0.2, -0.15) is 5.26 Å². The van der Waals surface area contributed by atoms with Gasteiger partial charge in [-0.3, -0.25) is 9.69 Å². The molecular formula is C19H25N5O. The predicted octanol–water partition coefficient (Wildman–Crippen LogP) is 1.64. The fraction of sp³-hybridized carbons (Fsp3) is 0.526. The molecule has 2 saturated heterocycles. The minimum atomic E-state index is -0.0145. The first kappa shape index (κ1) is 17.4. The third-order valence-electron chi connectivity index (χ3n) is 5.55. The molecule has 3 heterocycles. The van der Waals surface area contributed by atoms with Crippen LogP contribution in [0.4, 0.5) is 5.82 Å². The van der Waals surface area contributed by atoms with Gasteiger partial charge in [-0.15, -0.1) is 6.58 Å². The van der Waals surface area contributed by atoms with Gasteiger partial charge in [-0.05, 0) is 32.0 Å². The number of nitrogens with zero attached hydrogens (tertiary/aromatic N) is 5. The van der Waals surface area contributed by atoms with Gasteiger partial charge in [0, 0.05) is 50.9 Å². The van der Waals surface area contributed by atoms with E-state index in [0.29, 0.717) is 18.5 Å². The average Bonchev–Trinajstić information content (AvgIpc) is 2.79. The minimum Gasteiger partial charge on any atom is -0.353 e. The maximum Gasteiger partial charge on any atom is 0.222 e. The second-order valence-electron chi connectivity index (χ2n) is 6.96. The number of hydrogen-bond acceptors (Lipinski definition) is 5. The van der Waals surface area contributed by atoms with E-state index >= 15 is 0 Å². The van der Waals surface area contributed by atoms with Gasteiger partial charge >= 0.3 is 0 Å². The Labute approximate surface area is 149 Å². The van der Waals surface area contributed by atoms with Crippen LogP contribution < -0.4 is 4.90 Å². The van der Waals surface area contributed by atoms with Crippen LogP contribution in [0.5, 0.6) is 0 Å². The van der Waals surface area contributed by atoms with E-state index in [1.165, 1.54) is 0 Å². The van der Waals surface area contributed by atoms with Crippen LogP contribution >= 0.6 is 0 Å². The molecule has 2 aliphatic rings. The largest absolute Gasteiger partial charge is 0.353 e. The van der Waals surface area contributed by atoms with E-state index in [9.17, 15) is 4.79 Å². The highest BCUT2D eigenvalue weighted by molar-refractivity contribution is 5.76. The smallest absolute Gasteiger partial charge is 0.222 e. The van der Waals surface area contributed by atoms with Crippen molar-refractivity contribution in [3.8, 4) is 6.07 Å². The lowest BCUT2D eigenvalue weighted by atomic mass is 9.86. The number of nitriles is 1. The van der Waals surface area contributed by atoms with Crippen LogP contribution in [-0.2, 0) is 4.79 Å². The van der Waals surface area contributed by atoms with E-state index in [1.54, 1.807) is 12.3 Å². The molecule has 0 bridgehead atoms. The second-order valence-corrected chi connectivity index (χ2v) is 6.96. The SMILES string of the molecule is C=CCN1CC[C@]2(CCC1=O)CN(c1ccc(C#N)cn1)CCN2C. The third kappa shape index (κ3) is 3.52. The number of amides is 1. The highest BCUT2D eigenvalue weighted by Gasteiger charge is 2.42. The first-order valence-corrected chi connectivity index (χ1v) is 8.79. The Morgan fingerprint density at radius 2 is 2.20 bits per heavy atom. The maximum absolute atomic E-state index is 12.4. The molecule has 0 unspecified atom stereocenters. The number of pyridine rings is 1. The highest BCUT2D eigenvalue weighted by Crippen LogP contribution is 2.33. The fourth-order valence-corrected chi connectivity index (χ4v) is 3.88. The Bertz CT molecular complexity index is 680. The van der Waals surface area contributed by atoms with Crippen LogP contribution in [0, 0.1) is 11.3 Å². The van der Waals surface area contributed by atoms with E-state index in [1.807, 2.05) is 17.0 Å². The van der Waals surface area contributed by atoms with Crippen molar-refractivity contribution >= 4 is 11.7 Å². The Hall–Kier alpha value is -2.39. The van der Waals surface area contributed by atoms with E-state index in [0.717, 1.165) is 44.8 Å². The van der Waals surface area contributed by atoms with Crippen LogP contribution in [0.3, 0.4) is 0 Å². The Morgan fingerprint density at radius 3 is 2.88 bits per heavy atom. The van der Waals surface area contributed by atoms with Gasteiger partial charge in [0.1, 0.15) is 11.9 Å². The molecule has 0 radical (unpaired) electrons. The van der Waals surface area contributed by atoms with Crippen molar-refractivity contribution < 1.29 is 4.79 Å². The molecule has 0 aromatic carbocycles. The lowest BCUT2D eigenvalue weighted by molar-refractivity contribution is -0.130. The van der Waals surface area contributed by atoms with Crippen molar-refractivity contribution in [2.24, 2.45) is 0 Å². The molecule has 6 heteroatoms. The molecule has 2 aliphatic heterocycles. The molecule has 25 heavy (non-hydrogen) atoms. The summed E-state index contributed by atoms with van der Waals surface area (Å²) in [5.74, 6) is 1.13. The molecule has 0 N–H and O–H groups in total. The number of piperazine rings is 1. The number of anilines is 1. The van der Waals surface area contributed by atoms with Gasteiger partial charge in [0.2, 0.25) is 5.91 Å². The average molecular weight is 339 g/mol. The summed E-state index contributed by atoms with van der Waals surface area (Å²) in [6.45, 7) is 7.86. The molecule has 0 aliphatic carbocycles. The van der Waals surface area contributed by atoms with Gasteiger partial charge in [-0.1, -0.05) is 6.08 Å². The van der Waals surface area contributed by atoms with Gasteiger partial charge in [0.25, 0.3) is 0 Å². The number of likely N-dealkylation sites (N-methyl/N-ethyl adjacent to an activating group) is 1. The van der Waals surface area contributed by atoms with Gasteiger partial charge in [0.05, 0.1) is 5.56 Å². The zero-order chi connectivity index (χ0) is 17.9. The molecule has 6 nitrogen and oxygen atoms in total. The molecule has 3 rings (SSSR count). The topological polar surface area (TPSA) is 63.5 Å². The van der Waals surface area contributed by atoms with E-state index < -0.39 is 0 Å². The van der Waals surface area contributed by atoms with Crippen LogP contribution in [0.1, 0.15) is 24.8 Å². The Morgan fingerprint density at radius 1 is 1.36 bits per heavy atom. The zero-order valence-corrected chi connectivity index (χ0v) is 14.8. The predicted molar refractivity (Wildman–Crippen MR) is 97.2 cm³/mol. The van der Waals surface area contributed by atoms with Crippen molar-refractivity contribution in [2.45, 2.75) is 24.8 Å². The lowest BCUT2D eigenvalue weighted by Crippen LogP contribution is -2.61. The molecule has 1 aromatic heterocycles. The van der Waals surface area contributed by atoms with Crippen LogP contribution in [0.25, 0.3) is 0 Å². The Kier molecular flexibility index (Phi) is 5.05. The third-order valence-corrected chi connectivity index (χ3v) is 5.55. The van der Waals surface area contributed by atoms with E-state index in [2.05, 4.69) is 34.5 Å². The number of rotatable bonds is 3. The molecule has 2 fully saturated rings. The zero-order valence-electron chi connectivity index (χ0n) is 14.8. The maximum atomic E-state index is 12.4. The minimum absolute atomic E-state index is 0.0145. The molecule has 1 aromatic rings. The lowest BCUT2D eigenvalue weighted by Gasteiger charge is -2.49. The van der Waals surface area contributed by atoms with Gasteiger partial charge in [0.15, 0.2) is 0 Å². The molecular weight excluding hydrogens is 314 g/mol. The summed E-state index contributed by atoms with van der Waals surface area (Å²) in [6.07, 6.45) is 5.82. The number of carbonyl (C=O) groups is 1. The standard InChI is InChI=1S/C19H25N5O/c1-3-9-23-10-8-19(7-6-18(23)25)15-24(12-11-22(19)2)17-5-4-16(13-20)14-21-17/h3-5,14H,1,6-12,15H2,2H3/t19-/m1/s1. The Balaban J connectivity index is 1.78. The van der Waals surface area contributed by atoms with Gasteiger partial charge < -0.3 is 9.80 Å². The summed E-state index contributed by atoms with van der Waals surface area (Å²) >= 11 is 0. The second kappa shape index (κ2) is 7.24. The fourth-order valence-electron chi connectivity index (χ4n) is 3.88. The summed E-state index contributed by atoms with van der Waals surface area (Å²) in [7, 11) is 2.16. The number of likely N-dealkylation sites (tertiary alicyclic amines) is 1. The van der Waals surface area contributed by atoms with Crippen LogP contribution in [0.2, 0.25) is 0 Å². The number of hydrogen-bond donors (Lipinski definition) is 0. The quantitative estimate of drug-likeness (QED) is 0.784. The van der Waals surface area contributed by atoms with Crippen molar-refractivity contribution in [3.63, 3.8) is 0 Å². The summed E-state index contributed by atoms with van der Waals surface area (Å²) in [4.78, 5) is 23.4. The molecule has 132 valence electrons. The van der Waals surface area contributed by atoms with E-state index in [4.69, 9.17) is 5.26 Å². The van der Waals surface area contributed by atoms with Crippen molar-refractivity contribution in [2.75, 3.05) is 44.7 Å². The molecule has 0 saturated carbocycles. The summed E-state index contributed by atoms with van der Waals surface area (Å²) in [5.41, 5.74) is 0.562. The monoisotopic (exact) mass is 339 g/mol. The van der Waals surface area contributed by atoms with Crippen molar-refractivity contribution in [3.05, 3.63) is 36.5 Å². The van der Waals surface area contributed by atoms with E-state index in [-0.39, 0.29) is 11.4 Å². The van der Waals surface area contributed by atoms with Crippen molar-refractivity contribution in [1.29, 1.82) is 5.26 Å². The number of aromatic nitrogens is 1. The molecule has 1 spiro atoms. The summed E-state index contributed by atoms with van der Waals surface area (Å²) in [5, 5.41) is 8.94. The van der Waals surface area contributed by atoms with Crippen LogP contribution in [-0.4, -0.2) is 66.0 Å². The summed E-state index contributed by atoms with van der Waals surface area (Å²) < 4.78 is 0. The molecule has 1 atom stereocenters. The summed E-state index contributed by atoms with van der Waals surface area (Å²) in [6, 6.07) is 5.85.